The monoisotopic (exact) mass is 958 g/mol. The summed E-state index contributed by atoms with van der Waals surface area (Å²) >= 11 is 0. The molecule has 0 aliphatic heterocycles. The number of hydrogen-bond donors (Lipinski definition) is 0. The van der Waals surface area contributed by atoms with Crippen LogP contribution in [0.2, 0.25) is 0 Å². The number of halogens is 6. The van der Waals surface area contributed by atoms with Crippen molar-refractivity contribution in [2.24, 2.45) is 0 Å². The Balaban J connectivity index is -0.000000287. The Morgan fingerprint density at radius 3 is 0.720 bits per heavy atom. The van der Waals surface area contributed by atoms with E-state index in [0.29, 0.717) is 13.3 Å². The zero-order valence-electron chi connectivity index (χ0n) is 27.6. The van der Waals surface area contributed by atoms with Crippen LogP contribution in [0.25, 0.3) is 0 Å². The van der Waals surface area contributed by atoms with Gasteiger partial charge in [0.05, 0.1) is 22.8 Å². The van der Waals surface area contributed by atoms with Crippen LogP contribution in [0.1, 0.15) is 45.6 Å². The number of aromatic nitrogens is 8. The molecule has 50 heavy (non-hydrogen) atoms. The van der Waals surface area contributed by atoms with Crippen molar-refractivity contribution in [2.75, 3.05) is 0 Å². The normalized spacial score (nSPS) is 11.0. The Morgan fingerprint density at radius 2 is 0.640 bits per heavy atom. The van der Waals surface area contributed by atoms with Gasteiger partial charge in [-0.2, -0.15) is 46.7 Å². The molecular weight excluding hydrogens is 922 g/mol. The molecule has 0 saturated heterocycles. The van der Waals surface area contributed by atoms with Crippen LogP contribution in [0, 0.1) is 55.4 Å². The first-order valence-electron chi connectivity index (χ1n) is 12.7. The zero-order valence-corrected chi connectivity index (χ0v) is 32.2. The van der Waals surface area contributed by atoms with E-state index in [-0.39, 0.29) is 55.7 Å². The summed E-state index contributed by atoms with van der Waals surface area (Å²) in [7, 11) is -12.2. The molecule has 26 heteroatoms. The number of hydrogen-bond acceptors (Lipinski definition) is 10. The quantitative estimate of drug-likeness (QED) is 0.0944. The second kappa shape index (κ2) is 21.2. The SMILES string of the molecule is Cc1cc(C)n(Cn2nc(C)cc2C)n1.Cc1cc(C)n(Cn2nc(C)cc2C)n1.O=S(=O)([O-])C(F)(F)F.O=S(=O)([O-])C(F)(F)F.[Ag+].[Ag+].[OH3+].[OH3+]. The average Bonchev–Trinajstić information content (AvgIpc) is 3.54. The van der Waals surface area contributed by atoms with Gasteiger partial charge >= 0.3 is 55.8 Å². The van der Waals surface area contributed by atoms with Crippen LogP contribution in [0.5, 0.6) is 0 Å². The number of rotatable bonds is 4. The first-order valence-corrected chi connectivity index (χ1v) is 15.5. The van der Waals surface area contributed by atoms with Crippen molar-refractivity contribution >= 4 is 20.2 Å². The van der Waals surface area contributed by atoms with Crippen LogP contribution in [0.3, 0.4) is 0 Å². The van der Waals surface area contributed by atoms with E-state index in [2.05, 4.69) is 72.4 Å². The fraction of sp³-hybridized carbons (Fsp3) is 0.500. The maximum Gasteiger partial charge on any atom is 1.00 e. The van der Waals surface area contributed by atoms with E-state index in [1.165, 1.54) is 22.8 Å². The molecule has 0 fully saturated rings. The molecule has 0 unspecified atom stereocenters. The zero-order chi connectivity index (χ0) is 36.0. The molecule has 0 spiro atoms. The molecule has 4 heterocycles. The van der Waals surface area contributed by atoms with Crippen molar-refractivity contribution in [3.8, 4) is 0 Å². The van der Waals surface area contributed by atoms with E-state index in [1.807, 2.05) is 46.4 Å². The molecule has 4 rings (SSSR count). The van der Waals surface area contributed by atoms with E-state index >= 15 is 0 Å². The van der Waals surface area contributed by atoms with Gasteiger partial charge in [-0.3, -0.25) is 0 Å². The molecule has 0 radical (unpaired) electrons. The van der Waals surface area contributed by atoms with E-state index in [0.717, 1.165) is 22.8 Å². The Bertz CT molecular complexity index is 1620. The van der Waals surface area contributed by atoms with Gasteiger partial charge in [0, 0.05) is 22.8 Å². The van der Waals surface area contributed by atoms with Crippen LogP contribution in [0.15, 0.2) is 24.3 Å². The van der Waals surface area contributed by atoms with Gasteiger partial charge in [-0.15, -0.1) is 0 Å². The van der Waals surface area contributed by atoms with Gasteiger partial charge in [-0.05, 0) is 79.7 Å². The van der Waals surface area contributed by atoms with Gasteiger partial charge in [0.15, 0.2) is 20.2 Å². The molecule has 0 saturated carbocycles. The molecule has 0 bridgehead atoms. The van der Waals surface area contributed by atoms with E-state index < -0.39 is 31.3 Å². The largest absolute Gasteiger partial charge is 1.00 e. The second-order valence-electron chi connectivity index (χ2n) is 9.79. The first-order chi connectivity index (χ1) is 20.6. The summed E-state index contributed by atoms with van der Waals surface area (Å²) in [5.41, 5.74) is -2.42. The predicted octanol–water partition coefficient (Wildman–Crippen LogP) is 1.89. The summed E-state index contributed by atoms with van der Waals surface area (Å²) < 4.78 is 126. The maximum atomic E-state index is 10.7. The third kappa shape index (κ3) is 17.7. The minimum absolute atomic E-state index is 0. The van der Waals surface area contributed by atoms with Gasteiger partial charge in [-0.25, -0.2) is 35.6 Å². The van der Waals surface area contributed by atoms with Crippen molar-refractivity contribution < 1.29 is 108 Å². The van der Waals surface area contributed by atoms with Gasteiger partial charge in [-0.1, -0.05) is 0 Å². The Labute approximate surface area is 315 Å². The predicted molar refractivity (Wildman–Crippen MR) is 159 cm³/mol. The molecule has 0 amide bonds. The summed E-state index contributed by atoms with van der Waals surface area (Å²) in [6.45, 7) is 17.7. The van der Waals surface area contributed by atoms with Crippen LogP contribution in [0.4, 0.5) is 26.3 Å². The molecule has 4 aromatic heterocycles. The van der Waals surface area contributed by atoms with E-state index in [4.69, 9.17) is 25.9 Å². The Kier molecular flexibility index (Phi) is 23.1. The molecule has 0 aliphatic carbocycles. The summed E-state index contributed by atoms with van der Waals surface area (Å²) in [6, 6.07) is 8.30. The summed E-state index contributed by atoms with van der Waals surface area (Å²) in [6.07, 6.45) is 0. The van der Waals surface area contributed by atoms with E-state index in [1.54, 1.807) is 0 Å². The summed E-state index contributed by atoms with van der Waals surface area (Å²) in [5, 5.41) is 17.6. The van der Waals surface area contributed by atoms with Gasteiger partial charge in [0.2, 0.25) is 0 Å². The van der Waals surface area contributed by atoms with Crippen molar-refractivity contribution in [1.29, 1.82) is 0 Å². The van der Waals surface area contributed by atoms with Crippen molar-refractivity contribution in [2.45, 2.75) is 79.7 Å². The Morgan fingerprint density at radius 1 is 0.500 bits per heavy atom. The van der Waals surface area contributed by atoms with Crippen LogP contribution in [-0.2, 0) is 89.3 Å². The van der Waals surface area contributed by atoms with Gasteiger partial charge < -0.3 is 20.1 Å². The Hall–Kier alpha value is -2.36. The number of alkyl halides is 6. The third-order valence-corrected chi connectivity index (χ3v) is 6.65. The van der Waals surface area contributed by atoms with Gasteiger partial charge in [0.1, 0.15) is 13.3 Å². The van der Waals surface area contributed by atoms with Crippen LogP contribution in [-0.4, -0.2) is 76.1 Å². The molecule has 0 aromatic carbocycles. The van der Waals surface area contributed by atoms with E-state index in [9.17, 15) is 26.3 Å². The van der Waals surface area contributed by atoms with Crippen LogP contribution < -0.4 is 0 Å². The molecule has 296 valence electrons. The standard InChI is InChI=1S/2C11H16N4.2CHF3O3S.2Ag.2H2O/c2*1-8-5-10(3)14(12-8)7-15-11(4)6-9(2)13-15;2*2-1(3,4)8(5,6)7;;;;/h2*5-6H,7H2,1-4H3;2*(H,5,6,7);;;2*1H2/q;;;;2*+1;;. The summed E-state index contributed by atoms with van der Waals surface area (Å²) in [4.78, 5) is 0. The smallest absolute Gasteiger partial charge is 0.741 e. The first kappa shape index (κ1) is 54.4. The van der Waals surface area contributed by atoms with Crippen LogP contribution >= 0.6 is 0 Å². The number of nitrogens with zero attached hydrogens (tertiary/aromatic N) is 8. The number of aryl methyl sites for hydroxylation is 8. The minimum atomic E-state index is -6.09. The fourth-order valence-corrected chi connectivity index (χ4v) is 3.53. The van der Waals surface area contributed by atoms with Crippen molar-refractivity contribution in [3.05, 3.63) is 69.8 Å². The molecule has 6 N–H and O–H groups in total. The van der Waals surface area contributed by atoms with Gasteiger partial charge in [0.25, 0.3) is 0 Å². The molecule has 4 aromatic rings. The van der Waals surface area contributed by atoms with Crippen molar-refractivity contribution in [3.63, 3.8) is 0 Å². The molecule has 0 atom stereocenters. The topological polar surface area (TPSA) is 252 Å². The molecule has 16 nitrogen and oxygen atoms in total. The molecular formula is C24H38Ag2F6N8O8S2+2. The maximum absolute atomic E-state index is 10.7. The summed E-state index contributed by atoms with van der Waals surface area (Å²) in [5.74, 6) is 0. The van der Waals surface area contributed by atoms with Crippen molar-refractivity contribution in [1.82, 2.24) is 39.1 Å². The third-order valence-electron chi connectivity index (χ3n) is 5.52. The second-order valence-corrected chi connectivity index (χ2v) is 12.5. The fourth-order valence-electron chi connectivity index (χ4n) is 3.53. The minimum Gasteiger partial charge on any atom is -0.741 e. The average molecular weight is 960 g/mol. The molecule has 0 aliphatic rings.